The van der Waals surface area contributed by atoms with Crippen LogP contribution in [-0.2, 0) is 19.5 Å². The normalized spacial score (nSPS) is 17.2. The molecule has 2 rings (SSSR count). The Morgan fingerprint density at radius 1 is 1.39 bits per heavy atom. The van der Waals surface area contributed by atoms with Gasteiger partial charge in [0.25, 0.3) is 0 Å². The molecule has 4 nitrogen and oxygen atoms in total. The van der Waals surface area contributed by atoms with Gasteiger partial charge in [0.1, 0.15) is 11.5 Å². The molecule has 0 saturated carbocycles. The van der Waals surface area contributed by atoms with E-state index in [1.807, 2.05) is 0 Å². The molecule has 2 heterocycles. The Morgan fingerprint density at radius 2 is 2.11 bits per heavy atom. The zero-order valence-electron chi connectivity index (χ0n) is 12.2. The fraction of sp³-hybridized carbons (Fsp3) is 0.786. The molecule has 0 spiro atoms. The summed E-state index contributed by atoms with van der Waals surface area (Å²) in [5.41, 5.74) is 2.48. The molecular weight excluding hydrogens is 226 g/mol. The molecule has 1 aliphatic rings. The van der Waals surface area contributed by atoms with Gasteiger partial charge in [-0.15, -0.1) is 0 Å². The van der Waals surface area contributed by atoms with Gasteiger partial charge >= 0.3 is 0 Å². The van der Waals surface area contributed by atoms with Crippen LogP contribution in [0.15, 0.2) is 4.52 Å². The van der Waals surface area contributed by atoms with Gasteiger partial charge < -0.3 is 9.84 Å². The number of aromatic nitrogens is 1. The third-order valence-electron chi connectivity index (χ3n) is 3.45. The van der Waals surface area contributed by atoms with Crippen LogP contribution in [0.4, 0.5) is 0 Å². The monoisotopic (exact) mass is 251 g/mol. The van der Waals surface area contributed by atoms with Crippen LogP contribution in [0.2, 0.25) is 0 Å². The van der Waals surface area contributed by atoms with Crippen molar-refractivity contribution in [1.82, 2.24) is 15.4 Å². The number of hydrogen-bond donors (Lipinski definition) is 1. The highest BCUT2D eigenvalue weighted by Gasteiger charge is 2.25. The van der Waals surface area contributed by atoms with Crippen molar-refractivity contribution in [2.24, 2.45) is 0 Å². The molecule has 102 valence electrons. The number of hydrogen-bond acceptors (Lipinski definition) is 4. The van der Waals surface area contributed by atoms with E-state index in [0.29, 0.717) is 6.04 Å². The smallest absolute Gasteiger partial charge is 0.142 e. The average Bonchev–Trinajstić information content (AvgIpc) is 2.67. The highest BCUT2D eigenvalue weighted by atomic mass is 16.5. The van der Waals surface area contributed by atoms with E-state index in [2.05, 4.69) is 50.0 Å². The molecule has 1 aromatic heterocycles. The summed E-state index contributed by atoms with van der Waals surface area (Å²) >= 11 is 0. The molecule has 1 N–H and O–H groups in total. The number of nitrogens with one attached hydrogen (secondary N) is 1. The molecule has 0 aliphatic carbocycles. The Labute approximate surface area is 110 Å². The second kappa shape index (κ2) is 5.02. The third kappa shape index (κ3) is 3.12. The fourth-order valence-corrected chi connectivity index (χ4v) is 2.21. The Bertz CT molecular complexity index is 404. The van der Waals surface area contributed by atoms with E-state index < -0.39 is 0 Å². The molecular formula is C14H25N3O. The lowest BCUT2D eigenvalue weighted by atomic mass is 10.0. The van der Waals surface area contributed by atoms with Crippen LogP contribution >= 0.6 is 0 Å². The summed E-state index contributed by atoms with van der Waals surface area (Å²) < 4.78 is 5.46. The number of rotatable bonds is 3. The minimum absolute atomic E-state index is 0.109. The first-order valence-electron chi connectivity index (χ1n) is 6.82. The summed E-state index contributed by atoms with van der Waals surface area (Å²) in [7, 11) is 0. The second-order valence-corrected chi connectivity index (χ2v) is 6.45. The maximum atomic E-state index is 5.46. The fourth-order valence-electron chi connectivity index (χ4n) is 2.21. The highest BCUT2D eigenvalue weighted by molar-refractivity contribution is 5.25. The molecule has 18 heavy (non-hydrogen) atoms. The van der Waals surface area contributed by atoms with Crippen molar-refractivity contribution in [2.45, 2.75) is 65.7 Å². The Morgan fingerprint density at radius 3 is 2.72 bits per heavy atom. The topological polar surface area (TPSA) is 41.3 Å². The van der Waals surface area contributed by atoms with Crippen LogP contribution in [0.3, 0.4) is 0 Å². The first kappa shape index (κ1) is 13.6. The standard InChI is InChI=1S/C14H25N3O/c1-10(2)17-7-6-13-11(9-17)12(16-18-13)8-15-14(3,4)5/h10,15H,6-9H2,1-5H3. The lowest BCUT2D eigenvalue weighted by Crippen LogP contribution is -2.37. The molecule has 0 saturated heterocycles. The van der Waals surface area contributed by atoms with Crippen LogP contribution < -0.4 is 5.32 Å². The van der Waals surface area contributed by atoms with Crippen molar-refractivity contribution in [2.75, 3.05) is 6.54 Å². The van der Waals surface area contributed by atoms with Gasteiger partial charge in [-0.2, -0.15) is 0 Å². The van der Waals surface area contributed by atoms with E-state index in [0.717, 1.165) is 37.5 Å². The zero-order valence-corrected chi connectivity index (χ0v) is 12.2. The molecule has 0 unspecified atom stereocenters. The predicted molar refractivity (Wildman–Crippen MR) is 72.3 cm³/mol. The van der Waals surface area contributed by atoms with Crippen LogP contribution in [0.5, 0.6) is 0 Å². The molecule has 1 aliphatic heterocycles. The number of nitrogens with zero attached hydrogens (tertiary/aromatic N) is 2. The first-order valence-corrected chi connectivity index (χ1v) is 6.82. The lowest BCUT2D eigenvalue weighted by molar-refractivity contribution is 0.192. The lowest BCUT2D eigenvalue weighted by Gasteiger charge is -2.29. The van der Waals surface area contributed by atoms with E-state index in [9.17, 15) is 0 Å². The van der Waals surface area contributed by atoms with Crippen molar-refractivity contribution < 1.29 is 4.52 Å². The van der Waals surface area contributed by atoms with E-state index in [-0.39, 0.29) is 5.54 Å². The highest BCUT2D eigenvalue weighted by Crippen LogP contribution is 2.24. The predicted octanol–water partition coefficient (Wildman–Crippen LogP) is 2.33. The van der Waals surface area contributed by atoms with Crippen LogP contribution in [-0.4, -0.2) is 28.2 Å². The van der Waals surface area contributed by atoms with Gasteiger partial charge in [-0.05, 0) is 34.6 Å². The van der Waals surface area contributed by atoms with Gasteiger partial charge in [0.05, 0.1) is 0 Å². The molecule has 0 atom stereocenters. The summed E-state index contributed by atoms with van der Waals surface area (Å²) in [5, 5.41) is 7.71. The SMILES string of the molecule is CC(C)N1CCc2onc(CNC(C)(C)C)c2C1. The molecule has 0 radical (unpaired) electrons. The summed E-state index contributed by atoms with van der Waals surface area (Å²) in [6.07, 6.45) is 0.982. The molecule has 0 amide bonds. The van der Waals surface area contributed by atoms with Crippen molar-refractivity contribution >= 4 is 0 Å². The van der Waals surface area contributed by atoms with Crippen LogP contribution in [0, 0.1) is 0 Å². The quantitative estimate of drug-likeness (QED) is 0.895. The third-order valence-corrected chi connectivity index (χ3v) is 3.45. The van der Waals surface area contributed by atoms with Gasteiger partial charge in [-0.25, -0.2) is 0 Å². The molecule has 4 heteroatoms. The average molecular weight is 251 g/mol. The summed E-state index contributed by atoms with van der Waals surface area (Å²) in [5.74, 6) is 1.08. The zero-order chi connectivity index (χ0) is 13.3. The maximum absolute atomic E-state index is 5.46. The van der Waals surface area contributed by atoms with Crippen LogP contribution in [0.1, 0.15) is 51.6 Å². The van der Waals surface area contributed by atoms with E-state index in [1.165, 1.54) is 5.56 Å². The molecule has 0 aromatic carbocycles. The van der Waals surface area contributed by atoms with E-state index >= 15 is 0 Å². The minimum Gasteiger partial charge on any atom is -0.361 e. The van der Waals surface area contributed by atoms with E-state index in [4.69, 9.17) is 4.52 Å². The summed E-state index contributed by atoms with van der Waals surface area (Å²) in [6, 6.07) is 0.580. The Balaban J connectivity index is 2.08. The van der Waals surface area contributed by atoms with Crippen molar-refractivity contribution in [3.8, 4) is 0 Å². The summed E-state index contributed by atoms with van der Waals surface area (Å²) in [6.45, 7) is 13.8. The van der Waals surface area contributed by atoms with Gasteiger partial charge in [0.15, 0.2) is 0 Å². The van der Waals surface area contributed by atoms with Gasteiger partial charge in [-0.3, -0.25) is 4.90 Å². The van der Waals surface area contributed by atoms with E-state index in [1.54, 1.807) is 0 Å². The Hall–Kier alpha value is -0.870. The largest absolute Gasteiger partial charge is 0.361 e. The minimum atomic E-state index is 0.109. The van der Waals surface area contributed by atoms with Gasteiger partial charge in [0.2, 0.25) is 0 Å². The van der Waals surface area contributed by atoms with Crippen molar-refractivity contribution in [3.05, 3.63) is 17.0 Å². The van der Waals surface area contributed by atoms with Crippen molar-refractivity contribution in [3.63, 3.8) is 0 Å². The second-order valence-electron chi connectivity index (χ2n) is 6.45. The Kier molecular flexibility index (Phi) is 3.78. The number of fused-ring (bicyclic) bond motifs is 1. The molecule has 0 fully saturated rings. The van der Waals surface area contributed by atoms with Crippen LogP contribution in [0.25, 0.3) is 0 Å². The molecule has 0 bridgehead atoms. The molecule has 1 aromatic rings. The first-order chi connectivity index (χ1) is 8.37. The van der Waals surface area contributed by atoms with Gasteiger partial charge in [0, 0.05) is 43.2 Å². The van der Waals surface area contributed by atoms with Crippen molar-refractivity contribution in [1.29, 1.82) is 0 Å². The maximum Gasteiger partial charge on any atom is 0.142 e. The summed E-state index contributed by atoms with van der Waals surface area (Å²) in [4.78, 5) is 2.47. The van der Waals surface area contributed by atoms with Gasteiger partial charge in [-0.1, -0.05) is 5.16 Å².